The highest BCUT2D eigenvalue weighted by atomic mass is 32.2. The number of benzene rings is 4. The Hall–Kier alpha value is -4.61. The fraction of sp³-hybridized carbons (Fsp3) is 0.235. The SMILES string of the molecule is CC(=O)N1CCN(Cc2ccc(/C=C/C(=O)NS(=O)(=O)c3ccc(F)c(F)c3)c(OCCc3ccc4ccccc4c3)c2)CC1. The van der Waals surface area contributed by atoms with Gasteiger partial charge in [-0.25, -0.2) is 21.9 Å². The predicted molar refractivity (Wildman–Crippen MR) is 168 cm³/mol. The normalized spacial score (nSPS) is 14.2. The van der Waals surface area contributed by atoms with Gasteiger partial charge in [0.05, 0.1) is 11.5 Å². The van der Waals surface area contributed by atoms with Gasteiger partial charge < -0.3 is 9.64 Å². The predicted octanol–water partition coefficient (Wildman–Crippen LogP) is 4.92. The summed E-state index contributed by atoms with van der Waals surface area (Å²) in [4.78, 5) is 27.7. The van der Waals surface area contributed by atoms with Crippen LogP contribution in [0, 0.1) is 11.6 Å². The molecule has 45 heavy (non-hydrogen) atoms. The van der Waals surface area contributed by atoms with Crippen molar-refractivity contribution in [1.82, 2.24) is 14.5 Å². The van der Waals surface area contributed by atoms with Crippen molar-refractivity contribution in [2.45, 2.75) is 24.8 Å². The van der Waals surface area contributed by atoms with Crippen molar-refractivity contribution in [3.8, 4) is 5.75 Å². The first-order valence-corrected chi connectivity index (χ1v) is 16.0. The van der Waals surface area contributed by atoms with E-state index in [1.54, 1.807) is 13.0 Å². The van der Waals surface area contributed by atoms with Gasteiger partial charge in [0, 0.05) is 57.7 Å². The van der Waals surface area contributed by atoms with E-state index in [1.807, 2.05) is 33.9 Å². The number of piperazine rings is 1. The van der Waals surface area contributed by atoms with Crippen molar-refractivity contribution in [3.05, 3.63) is 113 Å². The molecule has 5 rings (SSSR count). The average Bonchev–Trinajstić information content (AvgIpc) is 3.02. The third-order valence-corrected chi connectivity index (χ3v) is 8.96. The Morgan fingerprint density at radius 1 is 0.867 bits per heavy atom. The van der Waals surface area contributed by atoms with Crippen LogP contribution < -0.4 is 9.46 Å². The van der Waals surface area contributed by atoms with Crippen LogP contribution >= 0.6 is 0 Å². The number of hydrogen-bond donors (Lipinski definition) is 1. The number of hydrogen-bond acceptors (Lipinski definition) is 6. The lowest BCUT2D eigenvalue weighted by Crippen LogP contribution is -2.47. The summed E-state index contributed by atoms with van der Waals surface area (Å²) in [6.07, 6.45) is 3.12. The van der Waals surface area contributed by atoms with Gasteiger partial charge >= 0.3 is 0 Å². The van der Waals surface area contributed by atoms with Crippen LogP contribution in [0.4, 0.5) is 8.78 Å². The smallest absolute Gasteiger partial charge is 0.264 e. The zero-order valence-electron chi connectivity index (χ0n) is 24.7. The third-order valence-electron chi connectivity index (χ3n) is 7.61. The Kier molecular flexibility index (Phi) is 9.90. The fourth-order valence-corrected chi connectivity index (χ4v) is 6.08. The van der Waals surface area contributed by atoms with Crippen LogP contribution in [0.25, 0.3) is 16.8 Å². The maximum Gasteiger partial charge on any atom is 0.264 e. The van der Waals surface area contributed by atoms with Crippen LogP contribution in [0.2, 0.25) is 0 Å². The molecule has 0 saturated carbocycles. The number of halogens is 2. The molecule has 2 amide bonds. The second-order valence-electron chi connectivity index (χ2n) is 10.8. The molecular formula is C34H33F2N3O5S. The van der Waals surface area contributed by atoms with Gasteiger partial charge in [0.2, 0.25) is 5.91 Å². The van der Waals surface area contributed by atoms with Gasteiger partial charge in [-0.05, 0) is 52.2 Å². The maximum atomic E-state index is 13.6. The minimum Gasteiger partial charge on any atom is -0.493 e. The van der Waals surface area contributed by atoms with E-state index in [4.69, 9.17) is 4.74 Å². The summed E-state index contributed by atoms with van der Waals surface area (Å²) in [5.41, 5.74) is 2.64. The Bertz CT molecular complexity index is 1850. The molecule has 11 heteroatoms. The van der Waals surface area contributed by atoms with E-state index in [1.165, 1.54) is 6.08 Å². The van der Waals surface area contributed by atoms with Crippen LogP contribution in [0.1, 0.15) is 23.6 Å². The largest absolute Gasteiger partial charge is 0.493 e. The van der Waals surface area contributed by atoms with Gasteiger partial charge in [0.25, 0.3) is 15.9 Å². The summed E-state index contributed by atoms with van der Waals surface area (Å²) in [6.45, 7) is 5.38. The molecule has 1 fully saturated rings. The monoisotopic (exact) mass is 633 g/mol. The van der Waals surface area contributed by atoms with Gasteiger partial charge in [-0.15, -0.1) is 0 Å². The Balaban J connectivity index is 1.30. The number of amides is 2. The molecule has 1 heterocycles. The van der Waals surface area contributed by atoms with Crippen LogP contribution in [0.3, 0.4) is 0 Å². The minimum atomic E-state index is -4.43. The molecule has 4 aromatic rings. The molecular weight excluding hydrogens is 600 g/mol. The summed E-state index contributed by atoms with van der Waals surface area (Å²) in [7, 11) is -4.43. The number of fused-ring (bicyclic) bond motifs is 1. The first kappa shape index (κ1) is 31.8. The Labute approximate surface area is 261 Å². The zero-order chi connectivity index (χ0) is 32.0. The molecule has 1 aliphatic heterocycles. The molecule has 0 radical (unpaired) electrons. The van der Waals surface area contributed by atoms with Crippen molar-refractivity contribution >= 4 is 38.7 Å². The number of nitrogens with one attached hydrogen (secondary N) is 1. The quantitative estimate of drug-likeness (QED) is 0.249. The van der Waals surface area contributed by atoms with E-state index in [-0.39, 0.29) is 5.91 Å². The van der Waals surface area contributed by atoms with Crippen LogP contribution in [0.5, 0.6) is 5.75 Å². The molecule has 1 aliphatic rings. The van der Waals surface area contributed by atoms with Crippen molar-refractivity contribution in [1.29, 1.82) is 0 Å². The summed E-state index contributed by atoms with van der Waals surface area (Å²) in [5, 5.41) is 2.28. The summed E-state index contributed by atoms with van der Waals surface area (Å²) < 4.78 is 59.9. The third kappa shape index (κ3) is 8.31. The van der Waals surface area contributed by atoms with E-state index >= 15 is 0 Å². The molecule has 0 unspecified atom stereocenters. The van der Waals surface area contributed by atoms with Gasteiger partial charge in [0.15, 0.2) is 11.6 Å². The van der Waals surface area contributed by atoms with Gasteiger partial charge in [-0.2, -0.15) is 0 Å². The Morgan fingerprint density at radius 2 is 1.60 bits per heavy atom. The maximum absolute atomic E-state index is 13.6. The highest BCUT2D eigenvalue weighted by molar-refractivity contribution is 7.90. The first-order valence-electron chi connectivity index (χ1n) is 14.5. The highest BCUT2D eigenvalue weighted by Crippen LogP contribution is 2.25. The number of carbonyl (C=O) groups is 2. The molecule has 1 saturated heterocycles. The molecule has 0 atom stereocenters. The number of sulfonamides is 1. The molecule has 0 aromatic heterocycles. The molecule has 0 bridgehead atoms. The second kappa shape index (κ2) is 14.0. The van der Waals surface area contributed by atoms with Gasteiger partial charge in [-0.1, -0.05) is 54.6 Å². The van der Waals surface area contributed by atoms with E-state index in [0.29, 0.717) is 56.1 Å². The summed E-state index contributed by atoms with van der Waals surface area (Å²) >= 11 is 0. The molecule has 234 valence electrons. The lowest BCUT2D eigenvalue weighted by atomic mass is 10.1. The molecule has 4 aromatic carbocycles. The van der Waals surface area contributed by atoms with Crippen molar-refractivity contribution < 1.29 is 31.5 Å². The summed E-state index contributed by atoms with van der Waals surface area (Å²) in [6, 6.07) is 22.0. The summed E-state index contributed by atoms with van der Waals surface area (Å²) in [5.74, 6) is -2.92. The molecule has 8 nitrogen and oxygen atoms in total. The highest BCUT2D eigenvalue weighted by Gasteiger charge is 2.20. The average molecular weight is 634 g/mol. The lowest BCUT2D eigenvalue weighted by Gasteiger charge is -2.34. The van der Waals surface area contributed by atoms with Crippen LogP contribution in [0.15, 0.2) is 89.8 Å². The number of rotatable bonds is 10. The second-order valence-corrected chi connectivity index (χ2v) is 12.5. The van der Waals surface area contributed by atoms with Crippen molar-refractivity contribution in [2.24, 2.45) is 0 Å². The van der Waals surface area contributed by atoms with E-state index in [2.05, 4.69) is 35.2 Å². The topological polar surface area (TPSA) is 96.0 Å². The first-order chi connectivity index (χ1) is 21.6. The van der Waals surface area contributed by atoms with E-state index in [0.717, 1.165) is 47.1 Å². The number of nitrogens with zero attached hydrogens (tertiary/aromatic N) is 2. The van der Waals surface area contributed by atoms with Crippen molar-refractivity contribution in [2.75, 3.05) is 32.8 Å². The van der Waals surface area contributed by atoms with Crippen molar-refractivity contribution in [3.63, 3.8) is 0 Å². The van der Waals surface area contributed by atoms with Crippen LogP contribution in [-0.2, 0) is 32.6 Å². The van der Waals surface area contributed by atoms with E-state index < -0.39 is 32.5 Å². The van der Waals surface area contributed by atoms with Crippen LogP contribution in [-0.4, -0.2) is 62.8 Å². The number of carbonyl (C=O) groups excluding carboxylic acids is 2. The number of ether oxygens (including phenoxy) is 1. The van der Waals surface area contributed by atoms with Gasteiger partial charge in [-0.3, -0.25) is 14.5 Å². The zero-order valence-corrected chi connectivity index (χ0v) is 25.5. The van der Waals surface area contributed by atoms with E-state index in [9.17, 15) is 26.8 Å². The molecule has 1 N–H and O–H groups in total. The minimum absolute atomic E-state index is 0.0644. The lowest BCUT2D eigenvalue weighted by molar-refractivity contribution is -0.130. The fourth-order valence-electron chi connectivity index (χ4n) is 5.13. The Morgan fingerprint density at radius 3 is 2.33 bits per heavy atom. The standard InChI is InChI=1S/C34H33F2N3O5S/c1-24(40)39-17-15-38(16-18-39)23-26-7-9-28(10-13-34(41)37-45(42,43)30-11-12-31(35)32(36)22-30)33(21-26)44-19-14-25-6-8-27-4-2-3-5-29(27)20-25/h2-13,20-22H,14-19,23H2,1H3,(H,37,41)/b13-10+. The molecule has 0 spiro atoms. The molecule has 0 aliphatic carbocycles. The van der Waals surface area contributed by atoms with Gasteiger partial charge in [0.1, 0.15) is 5.75 Å².